The molecule has 0 aromatic heterocycles. The van der Waals surface area contributed by atoms with Crippen molar-refractivity contribution < 1.29 is 0 Å². The highest BCUT2D eigenvalue weighted by atomic mass is 28.3. The second-order valence-corrected chi connectivity index (χ2v) is 10.3. The maximum Gasteiger partial charge on any atom is 0.109 e. The third-order valence-corrected chi connectivity index (χ3v) is 8.81. The fourth-order valence-corrected chi connectivity index (χ4v) is 8.81. The molecule has 0 saturated heterocycles. The van der Waals surface area contributed by atoms with Crippen LogP contribution in [0, 0.1) is 0 Å². The van der Waals surface area contributed by atoms with Gasteiger partial charge in [-0.1, -0.05) is 59.3 Å². The summed E-state index contributed by atoms with van der Waals surface area (Å²) in [7, 11) is -0.291. The molecule has 1 atom stereocenters. The van der Waals surface area contributed by atoms with Gasteiger partial charge < -0.3 is 4.57 Å². The minimum atomic E-state index is -0.596. The van der Waals surface area contributed by atoms with Crippen LogP contribution in [0.5, 0.6) is 0 Å². The first-order valence-corrected chi connectivity index (χ1v) is 10.8. The van der Waals surface area contributed by atoms with Crippen molar-refractivity contribution in [1.82, 2.24) is 4.57 Å². The van der Waals surface area contributed by atoms with Crippen LogP contribution in [0.25, 0.3) is 0 Å². The Bertz CT molecular complexity index is 129. The molecule has 1 nitrogen and oxygen atoms in total. The summed E-state index contributed by atoms with van der Waals surface area (Å²) >= 11 is 0. The zero-order valence-corrected chi connectivity index (χ0v) is 13.6. The van der Waals surface area contributed by atoms with E-state index in [1.807, 2.05) is 0 Å². The lowest BCUT2D eigenvalue weighted by molar-refractivity contribution is 0.303. The lowest BCUT2D eigenvalue weighted by Crippen LogP contribution is -2.46. The van der Waals surface area contributed by atoms with Gasteiger partial charge in [-0.2, -0.15) is 0 Å². The van der Waals surface area contributed by atoms with Gasteiger partial charge >= 0.3 is 0 Å². The molecule has 3 heteroatoms. The minimum absolute atomic E-state index is 0.306. The second-order valence-electron chi connectivity index (χ2n) is 4.98. The Morgan fingerprint density at radius 1 is 1.14 bits per heavy atom. The summed E-state index contributed by atoms with van der Waals surface area (Å²) in [5.74, 6) is 0. The van der Waals surface area contributed by atoms with Gasteiger partial charge in [0.2, 0.25) is 0 Å². The van der Waals surface area contributed by atoms with E-state index in [0.29, 0.717) is 9.52 Å². The molecule has 0 aromatic rings. The van der Waals surface area contributed by atoms with Crippen molar-refractivity contribution in [3.63, 3.8) is 0 Å². The molecule has 0 amide bonds. The normalized spacial score (nSPS) is 15.2. The summed E-state index contributed by atoms with van der Waals surface area (Å²) in [5.41, 5.74) is 0. The largest absolute Gasteiger partial charge is 0.322 e. The van der Waals surface area contributed by atoms with Gasteiger partial charge in [0, 0.05) is 9.52 Å². The van der Waals surface area contributed by atoms with Crippen molar-refractivity contribution in [2.45, 2.75) is 71.4 Å². The van der Waals surface area contributed by atoms with Crippen LogP contribution in [0.3, 0.4) is 0 Å². The molecular formula is C11H29NSi2. The first kappa shape index (κ1) is 14.4. The average Bonchev–Trinajstić information content (AvgIpc) is 2.03. The average molecular weight is 232 g/mol. The van der Waals surface area contributed by atoms with E-state index >= 15 is 0 Å². The van der Waals surface area contributed by atoms with E-state index in [2.05, 4.69) is 45.7 Å². The Kier molecular flexibility index (Phi) is 7.87. The van der Waals surface area contributed by atoms with Gasteiger partial charge in [-0.3, -0.25) is 0 Å². The lowest BCUT2D eigenvalue weighted by atomic mass is 10.3. The summed E-state index contributed by atoms with van der Waals surface area (Å²) in [4.78, 5) is 0. The molecule has 0 aliphatic carbocycles. The molecule has 0 fully saturated rings. The molecule has 1 unspecified atom stereocenters. The van der Waals surface area contributed by atoms with Gasteiger partial charge in [0.15, 0.2) is 0 Å². The molecule has 0 heterocycles. The fraction of sp³-hybridized carbons (Fsp3) is 1.00. The molecule has 0 aromatic carbocycles. The van der Waals surface area contributed by atoms with Crippen molar-refractivity contribution in [2.75, 3.05) is 0 Å². The van der Waals surface area contributed by atoms with Crippen molar-refractivity contribution in [3.05, 3.63) is 0 Å². The maximum absolute atomic E-state index is 2.78. The van der Waals surface area contributed by atoms with E-state index in [0.717, 1.165) is 12.1 Å². The van der Waals surface area contributed by atoms with Crippen LogP contribution < -0.4 is 0 Å². The SMILES string of the molecule is CC[SiH2]CC[SiH](C)N(C(C)C)C(C)C. The van der Waals surface area contributed by atoms with Gasteiger partial charge in [-0.05, 0) is 12.1 Å². The van der Waals surface area contributed by atoms with Crippen LogP contribution in [-0.4, -0.2) is 35.1 Å². The van der Waals surface area contributed by atoms with E-state index in [-0.39, 0.29) is 0 Å². The molecular weight excluding hydrogens is 202 g/mol. The number of hydrogen-bond acceptors (Lipinski definition) is 1. The topological polar surface area (TPSA) is 3.24 Å². The molecule has 0 aliphatic heterocycles. The van der Waals surface area contributed by atoms with Crippen LogP contribution in [-0.2, 0) is 0 Å². The molecule has 86 valence electrons. The third-order valence-electron chi connectivity index (χ3n) is 2.93. The first-order chi connectivity index (χ1) is 6.50. The van der Waals surface area contributed by atoms with E-state index < -0.39 is 8.96 Å². The fourth-order valence-electron chi connectivity index (χ4n) is 2.45. The van der Waals surface area contributed by atoms with Gasteiger partial charge in [-0.15, -0.1) is 0 Å². The Labute approximate surface area is 94.8 Å². The predicted octanol–water partition coefficient (Wildman–Crippen LogP) is 2.48. The predicted molar refractivity (Wildman–Crippen MR) is 73.8 cm³/mol. The van der Waals surface area contributed by atoms with E-state index in [1.54, 1.807) is 12.1 Å². The highest BCUT2D eigenvalue weighted by Crippen LogP contribution is 2.12. The Morgan fingerprint density at radius 3 is 2.00 bits per heavy atom. The summed E-state index contributed by atoms with van der Waals surface area (Å²) in [6.07, 6.45) is 0. The molecule has 0 rings (SSSR count). The van der Waals surface area contributed by atoms with Crippen LogP contribution in [0.15, 0.2) is 0 Å². The summed E-state index contributed by atoms with van der Waals surface area (Å²) in [6.45, 7) is 14.3. The van der Waals surface area contributed by atoms with Gasteiger partial charge in [0.1, 0.15) is 8.96 Å². The minimum Gasteiger partial charge on any atom is -0.322 e. The molecule has 0 saturated carbocycles. The summed E-state index contributed by atoms with van der Waals surface area (Å²) < 4.78 is 2.78. The standard InChI is InChI=1S/C11H29NSi2/c1-7-13-8-9-14(6)12(10(2)3)11(4)5/h10-11,14H,7-9,13H2,1-6H3. The molecule has 0 radical (unpaired) electrons. The van der Waals surface area contributed by atoms with Crippen molar-refractivity contribution in [2.24, 2.45) is 0 Å². The Balaban J connectivity index is 3.96. The lowest BCUT2D eigenvalue weighted by Gasteiger charge is -2.35. The van der Waals surface area contributed by atoms with E-state index in [4.69, 9.17) is 0 Å². The number of nitrogens with zero attached hydrogens (tertiary/aromatic N) is 1. The van der Waals surface area contributed by atoms with Crippen LogP contribution in [0.2, 0.25) is 24.7 Å². The van der Waals surface area contributed by atoms with Crippen molar-refractivity contribution >= 4 is 18.5 Å². The van der Waals surface area contributed by atoms with E-state index in [1.165, 1.54) is 6.04 Å². The molecule has 0 bridgehead atoms. The number of rotatable bonds is 7. The van der Waals surface area contributed by atoms with E-state index in [9.17, 15) is 0 Å². The summed E-state index contributed by atoms with van der Waals surface area (Å²) in [6, 6.07) is 6.13. The smallest absolute Gasteiger partial charge is 0.109 e. The molecule has 0 aliphatic rings. The maximum atomic E-state index is 2.78. The molecule has 0 spiro atoms. The van der Waals surface area contributed by atoms with Crippen molar-refractivity contribution in [1.29, 1.82) is 0 Å². The first-order valence-electron chi connectivity index (χ1n) is 6.28. The number of hydrogen-bond donors (Lipinski definition) is 0. The van der Waals surface area contributed by atoms with Crippen molar-refractivity contribution in [3.8, 4) is 0 Å². The summed E-state index contributed by atoms with van der Waals surface area (Å²) in [5, 5.41) is 0. The zero-order chi connectivity index (χ0) is 11.1. The van der Waals surface area contributed by atoms with Gasteiger partial charge in [0.05, 0.1) is 0 Å². The molecule has 0 N–H and O–H groups in total. The van der Waals surface area contributed by atoms with Crippen LogP contribution in [0.4, 0.5) is 0 Å². The van der Waals surface area contributed by atoms with Gasteiger partial charge in [0.25, 0.3) is 0 Å². The highest BCUT2D eigenvalue weighted by Gasteiger charge is 2.20. The quantitative estimate of drug-likeness (QED) is 0.481. The van der Waals surface area contributed by atoms with Crippen LogP contribution in [0.1, 0.15) is 34.6 Å². The van der Waals surface area contributed by atoms with Gasteiger partial charge in [-0.25, -0.2) is 0 Å². The Hall–Kier alpha value is 0.394. The van der Waals surface area contributed by atoms with Crippen LogP contribution >= 0.6 is 0 Å². The monoisotopic (exact) mass is 231 g/mol. The zero-order valence-electron chi connectivity index (χ0n) is 11.0. The molecule has 14 heavy (non-hydrogen) atoms. The second kappa shape index (κ2) is 7.66. The Morgan fingerprint density at radius 2 is 1.64 bits per heavy atom. The third kappa shape index (κ3) is 5.32. The highest BCUT2D eigenvalue weighted by molar-refractivity contribution is 6.56.